The van der Waals surface area contributed by atoms with Crippen molar-refractivity contribution in [2.24, 2.45) is 0 Å². The summed E-state index contributed by atoms with van der Waals surface area (Å²) < 4.78 is 13.1. The number of fused-ring (bicyclic) bond motifs is 10. The predicted molar refractivity (Wildman–Crippen MR) is 144 cm³/mol. The van der Waals surface area contributed by atoms with Gasteiger partial charge in [-0.15, -0.1) is 0 Å². The third-order valence-corrected chi connectivity index (χ3v) is 8.41. The highest BCUT2D eigenvalue weighted by Gasteiger charge is 2.47. The van der Waals surface area contributed by atoms with E-state index in [1.807, 2.05) is 0 Å². The van der Waals surface area contributed by atoms with E-state index < -0.39 is 49.1 Å². The Balaban J connectivity index is 1.71. The van der Waals surface area contributed by atoms with E-state index in [-0.39, 0.29) is 16.1 Å². The molecule has 39 heavy (non-hydrogen) atoms. The molecule has 1 fully saturated rings. The highest BCUT2D eigenvalue weighted by Crippen LogP contribution is 2.48. The second-order valence-corrected chi connectivity index (χ2v) is 10.5. The van der Waals surface area contributed by atoms with Crippen LogP contribution >= 0.6 is 23.2 Å². The summed E-state index contributed by atoms with van der Waals surface area (Å²) in [5.41, 5.74) is 2.19. The van der Waals surface area contributed by atoms with Crippen molar-refractivity contribution in [3.8, 4) is 0 Å². The van der Waals surface area contributed by atoms with E-state index in [2.05, 4.69) is 10.3 Å². The number of amides is 2. The van der Waals surface area contributed by atoms with Crippen LogP contribution in [-0.2, 0) is 9.47 Å². The average Bonchev–Trinajstić information content (AvgIpc) is 3.56. The van der Waals surface area contributed by atoms with Gasteiger partial charge in [0.2, 0.25) is 0 Å². The molecule has 0 radical (unpaired) electrons. The van der Waals surface area contributed by atoms with Crippen molar-refractivity contribution >= 4 is 78.6 Å². The fraction of sp³-hybridized carbons (Fsp3) is 0.259. The summed E-state index contributed by atoms with van der Waals surface area (Å²) in [7, 11) is 1.35. The van der Waals surface area contributed by atoms with E-state index in [1.54, 1.807) is 41.0 Å². The van der Waals surface area contributed by atoms with Gasteiger partial charge in [-0.25, -0.2) is 0 Å². The van der Waals surface area contributed by atoms with E-state index in [4.69, 9.17) is 32.7 Å². The molecule has 2 aromatic heterocycles. The number of aromatic amines is 1. The van der Waals surface area contributed by atoms with Crippen LogP contribution in [0.4, 0.5) is 0 Å². The van der Waals surface area contributed by atoms with Gasteiger partial charge in [0.25, 0.3) is 11.8 Å². The summed E-state index contributed by atoms with van der Waals surface area (Å²) in [6.07, 6.45) is -6.18. The van der Waals surface area contributed by atoms with Crippen LogP contribution in [0.5, 0.6) is 0 Å². The molecule has 2 aliphatic rings. The summed E-state index contributed by atoms with van der Waals surface area (Å²) in [6.45, 7) is -0.493. The molecule has 10 nitrogen and oxygen atoms in total. The Morgan fingerprint density at radius 1 is 0.923 bits per heavy atom. The third kappa shape index (κ3) is 3.16. The molecule has 0 spiro atoms. The number of aromatic nitrogens is 2. The molecule has 7 rings (SSSR count). The lowest BCUT2D eigenvalue weighted by atomic mass is 9.96. The lowest BCUT2D eigenvalue weighted by molar-refractivity contribution is -0.255. The van der Waals surface area contributed by atoms with Crippen molar-refractivity contribution in [3.05, 3.63) is 57.6 Å². The number of nitrogens with zero attached hydrogens (tertiary/aromatic N) is 1. The van der Waals surface area contributed by atoms with Crippen LogP contribution in [0.25, 0.3) is 43.6 Å². The van der Waals surface area contributed by atoms with Crippen LogP contribution in [0.15, 0.2) is 36.4 Å². The maximum atomic E-state index is 13.3. The number of H-pyrrole nitrogens is 1. The first-order valence-corrected chi connectivity index (χ1v) is 12.9. The number of halogens is 2. The first-order valence-electron chi connectivity index (χ1n) is 12.2. The smallest absolute Gasteiger partial charge is 0.259 e. The van der Waals surface area contributed by atoms with Gasteiger partial charge < -0.3 is 34.3 Å². The van der Waals surface area contributed by atoms with Crippen molar-refractivity contribution < 1.29 is 34.4 Å². The van der Waals surface area contributed by atoms with Crippen molar-refractivity contribution in [2.75, 3.05) is 13.7 Å². The van der Waals surface area contributed by atoms with Gasteiger partial charge in [-0.3, -0.25) is 14.9 Å². The molecule has 200 valence electrons. The van der Waals surface area contributed by atoms with Crippen LogP contribution in [-0.4, -0.2) is 74.8 Å². The standard InChI is InChI=1S/C27H21Cl2N3O7/c1-38-24-13(8-33)39-27(23(35)22(24)34)32-20-10(5-3-7-12(20)29)15-17-16(25(36)31-26(17)37)14-9-4-2-6-11(28)18(9)30-19(14)21(15)32/h2-7,13,22-24,27,30,33-35H,8H2,1H3,(H,31,36,37)/t13-,22-,23-,24-,27-/m0/s1. The van der Waals surface area contributed by atoms with Crippen LogP contribution in [0.3, 0.4) is 0 Å². The minimum atomic E-state index is -1.51. The van der Waals surface area contributed by atoms with Crippen molar-refractivity contribution in [2.45, 2.75) is 30.6 Å². The quantitative estimate of drug-likeness (QED) is 0.210. The highest BCUT2D eigenvalue weighted by molar-refractivity contribution is 6.43. The number of para-hydroxylation sites is 2. The molecule has 5 aromatic rings. The maximum absolute atomic E-state index is 13.3. The van der Waals surface area contributed by atoms with Crippen LogP contribution in [0.1, 0.15) is 26.9 Å². The Morgan fingerprint density at radius 3 is 2.28 bits per heavy atom. The van der Waals surface area contributed by atoms with Crippen LogP contribution < -0.4 is 5.32 Å². The molecule has 0 bridgehead atoms. The Morgan fingerprint density at radius 2 is 1.59 bits per heavy atom. The number of aliphatic hydroxyl groups excluding tert-OH is 3. The molecule has 12 heteroatoms. The zero-order valence-corrected chi connectivity index (χ0v) is 21.7. The van der Waals surface area contributed by atoms with Crippen molar-refractivity contribution in [1.82, 2.24) is 14.9 Å². The number of hydrogen-bond donors (Lipinski definition) is 5. The minimum absolute atomic E-state index is 0.161. The summed E-state index contributed by atoms with van der Waals surface area (Å²) in [5, 5.41) is 37.5. The number of carbonyl (C=O) groups excluding carboxylic acids is 2. The molecule has 0 unspecified atom stereocenters. The average molecular weight is 570 g/mol. The Labute approximate surface area is 229 Å². The molecular formula is C27H21Cl2N3O7. The fourth-order valence-electron chi connectivity index (χ4n) is 6.20. The third-order valence-electron chi connectivity index (χ3n) is 7.79. The monoisotopic (exact) mass is 569 g/mol. The zero-order valence-electron chi connectivity index (χ0n) is 20.2. The van der Waals surface area contributed by atoms with Gasteiger partial charge in [0.1, 0.15) is 24.4 Å². The van der Waals surface area contributed by atoms with Gasteiger partial charge >= 0.3 is 0 Å². The Kier molecular flexibility index (Phi) is 5.49. The van der Waals surface area contributed by atoms with E-state index in [0.29, 0.717) is 48.6 Å². The molecule has 5 atom stereocenters. The first kappa shape index (κ1) is 24.8. The topological polar surface area (TPSA) is 146 Å². The zero-order chi connectivity index (χ0) is 27.3. The van der Waals surface area contributed by atoms with Gasteiger partial charge in [0.05, 0.1) is 49.8 Å². The van der Waals surface area contributed by atoms with Crippen molar-refractivity contribution in [3.63, 3.8) is 0 Å². The normalized spacial score (nSPS) is 25.3. The van der Waals surface area contributed by atoms with Crippen LogP contribution in [0, 0.1) is 0 Å². The molecule has 4 heterocycles. The minimum Gasteiger partial charge on any atom is -0.394 e. The molecular weight excluding hydrogens is 549 g/mol. The number of benzene rings is 3. The maximum Gasteiger partial charge on any atom is 0.259 e. The van der Waals surface area contributed by atoms with Crippen molar-refractivity contribution in [1.29, 1.82) is 0 Å². The summed E-state index contributed by atoms with van der Waals surface area (Å²) in [5.74, 6) is -1.12. The lowest BCUT2D eigenvalue weighted by Crippen LogP contribution is -2.57. The lowest BCUT2D eigenvalue weighted by Gasteiger charge is -2.42. The molecule has 5 N–H and O–H groups in total. The number of nitrogens with one attached hydrogen (secondary N) is 2. The fourth-order valence-corrected chi connectivity index (χ4v) is 6.68. The van der Waals surface area contributed by atoms with Gasteiger partial charge in [0, 0.05) is 28.7 Å². The Hall–Kier alpha value is -3.22. The number of methoxy groups -OCH3 is 1. The van der Waals surface area contributed by atoms with E-state index >= 15 is 0 Å². The van der Waals surface area contributed by atoms with Gasteiger partial charge in [0.15, 0.2) is 6.23 Å². The number of aliphatic hydroxyl groups is 3. The SMILES string of the molecule is CO[C@@H]1[C@@H](O)[C@H](O)[C@@H](n2c3c(Cl)cccc3c3c4c(c5c6cccc(Cl)c6[nH]c5c32)C(=O)NC4=O)O[C@H]1CO. The second-order valence-electron chi connectivity index (χ2n) is 9.73. The molecule has 0 saturated carbocycles. The summed E-state index contributed by atoms with van der Waals surface area (Å²) in [6, 6.07) is 10.4. The van der Waals surface area contributed by atoms with Gasteiger partial charge in [-0.1, -0.05) is 47.5 Å². The number of carbonyl (C=O) groups is 2. The highest BCUT2D eigenvalue weighted by atomic mass is 35.5. The number of ether oxygens (including phenoxy) is 2. The number of rotatable bonds is 3. The largest absolute Gasteiger partial charge is 0.394 e. The molecule has 0 aliphatic carbocycles. The number of hydrogen-bond acceptors (Lipinski definition) is 7. The summed E-state index contributed by atoms with van der Waals surface area (Å²) in [4.78, 5) is 29.8. The molecule has 1 saturated heterocycles. The Bertz CT molecular complexity index is 1880. The number of imide groups is 1. The second kappa shape index (κ2) is 8.64. The predicted octanol–water partition coefficient (Wildman–Crippen LogP) is 3.25. The first-order chi connectivity index (χ1) is 18.8. The van der Waals surface area contributed by atoms with Gasteiger partial charge in [-0.05, 0) is 12.1 Å². The molecule has 2 aliphatic heterocycles. The molecule has 2 amide bonds. The van der Waals surface area contributed by atoms with Crippen LogP contribution in [0.2, 0.25) is 10.0 Å². The van der Waals surface area contributed by atoms with E-state index in [0.717, 1.165) is 0 Å². The van der Waals surface area contributed by atoms with E-state index in [1.165, 1.54) is 7.11 Å². The summed E-state index contributed by atoms with van der Waals surface area (Å²) >= 11 is 13.3. The van der Waals surface area contributed by atoms with Gasteiger partial charge in [-0.2, -0.15) is 0 Å². The molecule has 3 aromatic carbocycles. The van der Waals surface area contributed by atoms with E-state index in [9.17, 15) is 24.9 Å².